The monoisotopic (exact) mass is 313 g/mol. The molecule has 23 heavy (non-hydrogen) atoms. The molecule has 118 valence electrons. The lowest BCUT2D eigenvalue weighted by Crippen LogP contribution is -2.40. The highest BCUT2D eigenvalue weighted by Crippen LogP contribution is 2.26. The minimum Gasteiger partial charge on any atom is -0.469 e. The summed E-state index contributed by atoms with van der Waals surface area (Å²) in [5.41, 5.74) is 0.364. The van der Waals surface area contributed by atoms with Crippen LogP contribution in [0.3, 0.4) is 0 Å². The van der Waals surface area contributed by atoms with Crippen LogP contribution in [0.1, 0.15) is 28.6 Å². The van der Waals surface area contributed by atoms with E-state index >= 15 is 0 Å². The summed E-state index contributed by atoms with van der Waals surface area (Å²) in [4.78, 5) is 35.6. The van der Waals surface area contributed by atoms with Crippen LogP contribution in [0.4, 0.5) is 10.5 Å². The van der Waals surface area contributed by atoms with Crippen molar-refractivity contribution in [1.29, 1.82) is 0 Å². The SMILES string of the molecule is Cc1occc1C(=O)Nc1cccc(C2(C)NC(=O)NC2=O)c1. The molecule has 1 aliphatic rings. The molecule has 3 rings (SSSR count). The van der Waals surface area contributed by atoms with E-state index in [2.05, 4.69) is 16.0 Å². The maximum atomic E-state index is 12.2. The van der Waals surface area contributed by atoms with E-state index in [1.165, 1.54) is 6.26 Å². The second-order valence-electron chi connectivity index (χ2n) is 5.46. The molecule has 1 fully saturated rings. The molecule has 1 saturated heterocycles. The Morgan fingerprint density at radius 1 is 1.26 bits per heavy atom. The van der Waals surface area contributed by atoms with E-state index in [1.54, 1.807) is 44.2 Å². The Bertz CT molecular complexity index is 811. The van der Waals surface area contributed by atoms with Gasteiger partial charge in [0.2, 0.25) is 0 Å². The smallest absolute Gasteiger partial charge is 0.322 e. The van der Waals surface area contributed by atoms with Gasteiger partial charge in [-0.15, -0.1) is 0 Å². The zero-order chi connectivity index (χ0) is 16.6. The number of benzene rings is 1. The first-order chi connectivity index (χ1) is 10.9. The van der Waals surface area contributed by atoms with E-state index in [4.69, 9.17) is 4.42 Å². The van der Waals surface area contributed by atoms with E-state index in [9.17, 15) is 14.4 Å². The fourth-order valence-electron chi connectivity index (χ4n) is 2.47. The predicted molar refractivity (Wildman–Crippen MR) is 81.9 cm³/mol. The molecular weight excluding hydrogens is 298 g/mol. The van der Waals surface area contributed by atoms with Gasteiger partial charge in [0.1, 0.15) is 11.3 Å². The number of furan rings is 1. The Kier molecular flexibility index (Phi) is 3.40. The highest BCUT2D eigenvalue weighted by molar-refractivity contribution is 6.08. The molecule has 0 aliphatic carbocycles. The number of rotatable bonds is 3. The van der Waals surface area contributed by atoms with Gasteiger partial charge >= 0.3 is 6.03 Å². The Labute approximate surface area is 132 Å². The molecule has 2 heterocycles. The van der Waals surface area contributed by atoms with Crippen molar-refractivity contribution in [3.8, 4) is 0 Å². The molecule has 2 aromatic rings. The van der Waals surface area contributed by atoms with Crippen molar-refractivity contribution in [2.24, 2.45) is 0 Å². The molecule has 7 heteroatoms. The summed E-state index contributed by atoms with van der Waals surface area (Å²) in [6.45, 7) is 3.30. The first-order valence-corrected chi connectivity index (χ1v) is 7.00. The van der Waals surface area contributed by atoms with Crippen molar-refractivity contribution in [2.45, 2.75) is 19.4 Å². The number of hydrogen-bond donors (Lipinski definition) is 3. The van der Waals surface area contributed by atoms with E-state index in [-0.39, 0.29) is 5.91 Å². The summed E-state index contributed by atoms with van der Waals surface area (Å²) in [5, 5.41) is 7.54. The molecule has 1 atom stereocenters. The van der Waals surface area contributed by atoms with Gasteiger partial charge in [-0.05, 0) is 37.6 Å². The number of hydrogen-bond acceptors (Lipinski definition) is 4. The van der Waals surface area contributed by atoms with Gasteiger partial charge in [-0.2, -0.15) is 0 Å². The maximum absolute atomic E-state index is 12.2. The van der Waals surface area contributed by atoms with Crippen LogP contribution in [0.5, 0.6) is 0 Å². The van der Waals surface area contributed by atoms with Crippen molar-refractivity contribution in [1.82, 2.24) is 10.6 Å². The van der Waals surface area contributed by atoms with Crippen molar-refractivity contribution in [3.63, 3.8) is 0 Å². The van der Waals surface area contributed by atoms with Gasteiger partial charge in [-0.1, -0.05) is 12.1 Å². The van der Waals surface area contributed by atoms with Crippen LogP contribution in [0, 0.1) is 6.92 Å². The second kappa shape index (κ2) is 5.28. The largest absolute Gasteiger partial charge is 0.469 e. The summed E-state index contributed by atoms with van der Waals surface area (Å²) in [5.74, 6) is -0.219. The number of aryl methyl sites for hydroxylation is 1. The molecule has 1 aromatic heterocycles. The molecule has 0 radical (unpaired) electrons. The molecule has 0 bridgehead atoms. The predicted octanol–water partition coefficient (Wildman–Crippen LogP) is 1.89. The average molecular weight is 313 g/mol. The number of anilines is 1. The van der Waals surface area contributed by atoms with Gasteiger partial charge < -0.3 is 15.1 Å². The number of nitrogens with one attached hydrogen (secondary N) is 3. The van der Waals surface area contributed by atoms with Crippen molar-refractivity contribution in [3.05, 3.63) is 53.5 Å². The molecular formula is C16H15N3O4. The first kappa shape index (κ1) is 14.8. The van der Waals surface area contributed by atoms with Crippen LogP contribution in [-0.2, 0) is 10.3 Å². The third-order valence-corrected chi connectivity index (χ3v) is 3.85. The standard InChI is InChI=1S/C16H15N3O4/c1-9-12(6-7-23-9)13(20)17-11-5-3-4-10(8-11)16(2)14(21)18-15(22)19-16/h3-8H,1-2H3,(H,17,20)(H2,18,19,21,22). The molecule has 1 aromatic carbocycles. The minimum atomic E-state index is -1.16. The lowest BCUT2D eigenvalue weighted by molar-refractivity contribution is -0.123. The Morgan fingerprint density at radius 3 is 2.65 bits per heavy atom. The summed E-state index contributed by atoms with van der Waals surface area (Å²) < 4.78 is 5.11. The van der Waals surface area contributed by atoms with Crippen molar-refractivity contribution < 1.29 is 18.8 Å². The topological polar surface area (TPSA) is 100 Å². The van der Waals surface area contributed by atoms with Crippen molar-refractivity contribution >= 4 is 23.5 Å². The normalized spacial score (nSPS) is 20.1. The van der Waals surface area contributed by atoms with Crippen LogP contribution in [0.2, 0.25) is 0 Å². The summed E-state index contributed by atoms with van der Waals surface area (Å²) in [6, 6.07) is 7.81. The Balaban J connectivity index is 1.86. The molecule has 0 saturated carbocycles. The fourth-order valence-corrected chi connectivity index (χ4v) is 2.47. The summed E-state index contributed by atoms with van der Waals surface area (Å²) in [7, 11) is 0. The third-order valence-electron chi connectivity index (χ3n) is 3.85. The lowest BCUT2D eigenvalue weighted by atomic mass is 9.92. The number of imide groups is 1. The summed E-state index contributed by atoms with van der Waals surface area (Å²) >= 11 is 0. The van der Waals surface area contributed by atoms with Gasteiger partial charge in [0.15, 0.2) is 0 Å². The maximum Gasteiger partial charge on any atom is 0.322 e. The van der Waals surface area contributed by atoms with Crippen LogP contribution < -0.4 is 16.0 Å². The fraction of sp³-hybridized carbons (Fsp3) is 0.188. The quantitative estimate of drug-likeness (QED) is 0.753. The molecule has 1 unspecified atom stereocenters. The number of carbonyl (C=O) groups is 3. The molecule has 1 aliphatic heterocycles. The highest BCUT2D eigenvalue weighted by Gasteiger charge is 2.43. The average Bonchev–Trinajstić information content (AvgIpc) is 3.03. The van der Waals surface area contributed by atoms with E-state index in [0.717, 1.165) is 0 Å². The Morgan fingerprint density at radius 2 is 2.04 bits per heavy atom. The van der Waals surface area contributed by atoms with Crippen LogP contribution >= 0.6 is 0 Å². The van der Waals surface area contributed by atoms with Gasteiger partial charge in [0, 0.05) is 5.69 Å². The van der Waals surface area contributed by atoms with E-state index in [1.807, 2.05) is 0 Å². The number of urea groups is 1. The van der Waals surface area contributed by atoms with Crippen LogP contribution in [0.25, 0.3) is 0 Å². The van der Waals surface area contributed by atoms with Gasteiger partial charge in [0.05, 0.1) is 11.8 Å². The van der Waals surface area contributed by atoms with Crippen LogP contribution in [-0.4, -0.2) is 17.8 Å². The van der Waals surface area contributed by atoms with Gasteiger partial charge in [-0.25, -0.2) is 4.79 Å². The van der Waals surface area contributed by atoms with E-state index in [0.29, 0.717) is 22.6 Å². The Hall–Kier alpha value is -3.09. The number of carbonyl (C=O) groups excluding carboxylic acids is 3. The van der Waals surface area contributed by atoms with Crippen LogP contribution in [0.15, 0.2) is 41.0 Å². The minimum absolute atomic E-state index is 0.307. The zero-order valence-electron chi connectivity index (χ0n) is 12.6. The highest BCUT2D eigenvalue weighted by atomic mass is 16.3. The third kappa shape index (κ3) is 2.57. The number of amides is 4. The second-order valence-corrected chi connectivity index (χ2v) is 5.46. The molecule has 4 amide bonds. The lowest BCUT2D eigenvalue weighted by Gasteiger charge is -2.21. The molecule has 7 nitrogen and oxygen atoms in total. The molecule has 3 N–H and O–H groups in total. The van der Waals surface area contributed by atoms with E-state index < -0.39 is 17.5 Å². The van der Waals surface area contributed by atoms with Gasteiger partial charge in [-0.3, -0.25) is 14.9 Å². The first-order valence-electron chi connectivity index (χ1n) is 7.00. The van der Waals surface area contributed by atoms with Gasteiger partial charge in [0.25, 0.3) is 11.8 Å². The zero-order valence-corrected chi connectivity index (χ0v) is 12.6. The summed E-state index contributed by atoms with van der Waals surface area (Å²) in [6.07, 6.45) is 1.44. The molecule has 0 spiro atoms. The van der Waals surface area contributed by atoms with Crippen molar-refractivity contribution in [2.75, 3.05) is 5.32 Å².